The molecule has 1 aromatic heterocycles. The standard InChI is InChI=1S/C17H10Cl3N3O4/c18-10-5-12(20)13(6-11(10)19)21-14(24)7-23-16(25)9-4-2-1-3-8(9)15(22-23)17(26)27/h1-6H,7H2,(H,21,24)(H,26,27). The average Bonchev–Trinajstić information content (AvgIpc) is 2.62. The average molecular weight is 427 g/mol. The zero-order chi connectivity index (χ0) is 19.7. The lowest BCUT2D eigenvalue weighted by atomic mass is 10.1. The van der Waals surface area contributed by atoms with Gasteiger partial charge in [0.1, 0.15) is 6.54 Å². The predicted molar refractivity (Wildman–Crippen MR) is 103 cm³/mol. The van der Waals surface area contributed by atoms with Crippen LogP contribution >= 0.6 is 34.8 Å². The molecular formula is C17H10Cl3N3O4. The Hall–Kier alpha value is -2.61. The van der Waals surface area contributed by atoms with Crippen LogP contribution in [0.15, 0.2) is 41.2 Å². The topological polar surface area (TPSA) is 101 Å². The van der Waals surface area contributed by atoms with E-state index in [1.165, 1.54) is 24.3 Å². The number of carbonyl (C=O) groups excluding carboxylic acids is 1. The molecule has 0 atom stereocenters. The van der Waals surface area contributed by atoms with Gasteiger partial charge in [0, 0.05) is 5.39 Å². The van der Waals surface area contributed by atoms with Crippen LogP contribution in [0.2, 0.25) is 15.1 Å². The predicted octanol–water partition coefficient (Wildman–Crippen LogP) is 3.69. The number of carboxylic acids is 1. The second-order valence-electron chi connectivity index (χ2n) is 5.46. The van der Waals surface area contributed by atoms with Gasteiger partial charge in [-0.1, -0.05) is 53.0 Å². The first-order valence-electron chi connectivity index (χ1n) is 7.45. The Morgan fingerprint density at radius 3 is 2.33 bits per heavy atom. The van der Waals surface area contributed by atoms with E-state index in [0.29, 0.717) is 0 Å². The summed E-state index contributed by atoms with van der Waals surface area (Å²) in [6.45, 7) is -0.513. The zero-order valence-corrected chi connectivity index (χ0v) is 15.6. The van der Waals surface area contributed by atoms with Gasteiger partial charge in [-0.05, 0) is 18.2 Å². The van der Waals surface area contributed by atoms with E-state index in [1.807, 2.05) is 0 Å². The van der Waals surface area contributed by atoms with Crippen molar-refractivity contribution in [1.82, 2.24) is 9.78 Å². The molecule has 0 spiro atoms. The van der Waals surface area contributed by atoms with Crippen molar-refractivity contribution < 1.29 is 14.7 Å². The second kappa shape index (κ2) is 7.56. The number of anilines is 1. The minimum atomic E-state index is -1.31. The number of rotatable bonds is 4. The maximum absolute atomic E-state index is 12.5. The van der Waals surface area contributed by atoms with Crippen molar-refractivity contribution in [3.05, 3.63) is 67.5 Å². The normalized spacial score (nSPS) is 10.8. The molecule has 0 fully saturated rings. The van der Waals surface area contributed by atoms with E-state index in [-0.39, 0.29) is 37.2 Å². The van der Waals surface area contributed by atoms with Crippen LogP contribution in [0.3, 0.4) is 0 Å². The van der Waals surface area contributed by atoms with Gasteiger partial charge in [-0.15, -0.1) is 0 Å². The second-order valence-corrected chi connectivity index (χ2v) is 6.68. The van der Waals surface area contributed by atoms with Gasteiger partial charge < -0.3 is 10.4 Å². The molecule has 1 amide bonds. The van der Waals surface area contributed by atoms with Gasteiger partial charge in [-0.3, -0.25) is 9.59 Å². The smallest absolute Gasteiger partial charge is 0.357 e. The van der Waals surface area contributed by atoms with Crippen LogP contribution in [0.1, 0.15) is 10.5 Å². The maximum atomic E-state index is 12.5. The van der Waals surface area contributed by atoms with Crippen LogP contribution in [-0.2, 0) is 11.3 Å². The highest BCUT2D eigenvalue weighted by molar-refractivity contribution is 6.44. The molecular weight excluding hydrogens is 417 g/mol. The van der Waals surface area contributed by atoms with Gasteiger partial charge >= 0.3 is 5.97 Å². The molecule has 0 aliphatic rings. The Labute approximate surface area is 167 Å². The van der Waals surface area contributed by atoms with E-state index in [0.717, 1.165) is 4.68 Å². The fraction of sp³-hybridized carbons (Fsp3) is 0.0588. The summed E-state index contributed by atoms with van der Waals surface area (Å²) in [6, 6.07) is 8.87. The summed E-state index contributed by atoms with van der Waals surface area (Å²) in [7, 11) is 0. The lowest BCUT2D eigenvalue weighted by Crippen LogP contribution is -2.31. The molecule has 10 heteroatoms. The Balaban J connectivity index is 1.96. The first-order chi connectivity index (χ1) is 12.8. The first kappa shape index (κ1) is 19.2. The SMILES string of the molecule is O=C(Cn1nc(C(=O)O)c2ccccc2c1=O)Nc1cc(Cl)c(Cl)cc1Cl. The number of aromatic carboxylic acids is 1. The molecule has 1 heterocycles. The number of hydrogen-bond acceptors (Lipinski definition) is 4. The highest BCUT2D eigenvalue weighted by Crippen LogP contribution is 2.32. The Kier molecular flexibility index (Phi) is 5.36. The summed E-state index contributed by atoms with van der Waals surface area (Å²) >= 11 is 17.7. The minimum absolute atomic E-state index is 0.144. The third-order valence-corrected chi connectivity index (χ3v) is 4.68. The fourth-order valence-corrected chi connectivity index (χ4v) is 3.04. The number of benzene rings is 2. The van der Waals surface area contributed by atoms with Crippen LogP contribution < -0.4 is 10.9 Å². The number of nitrogens with one attached hydrogen (secondary N) is 1. The highest BCUT2D eigenvalue weighted by Gasteiger charge is 2.17. The van der Waals surface area contributed by atoms with E-state index in [1.54, 1.807) is 12.1 Å². The number of carboxylic acid groups (broad SMARTS) is 1. The van der Waals surface area contributed by atoms with Crippen molar-refractivity contribution in [1.29, 1.82) is 0 Å². The Morgan fingerprint density at radius 2 is 1.67 bits per heavy atom. The van der Waals surface area contributed by atoms with Crippen LogP contribution in [0.25, 0.3) is 10.8 Å². The lowest BCUT2D eigenvalue weighted by Gasteiger charge is -2.11. The molecule has 0 aliphatic carbocycles. The summed E-state index contributed by atoms with van der Waals surface area (Å²) in [6.07, 6.45) is 0. The molecule has 0 saturated heterocycles. The van der Waals surface area contributed by atoms with Gasteiger partial charge in [-0.25, -0.2) is 9.48 Å². The number of hydrogen-bond donors (Lipinski definition) is 2. The van der Waals surface area contributed by atoms with E-state index in [2.05, 4.69) is 10.4 Å². The van der Waals surface area contributed by atoms with Gasteiger partial charge in [0.25, 0.3) is 5.56 Å². The summed E-state index contributed by atoms with van der Waals surface area (Å²) in [5.41, 5.74) is -0.722. The summed E-state index contributed by atoms with van der Waals surface area (Å²) in [5.74, 6) is -1.95. The molecule has 0 saturated carbocycles. The van der Waals surface area contributed by atoms with E-state index in [4.69, 9.17) is 34.8 Å². The molecule has 7 nitrogen and oxygen atoms in total. The van der Waals surface area contributed by atoms with Crippen molar-refractivity contribution in [2.75, 3.05) is 5.32 Å². The van der Waals surface area contributed by atoms with Crippen LogP contribution in [0.4, 0.5) is 5.69 Å². The molecule has 138 valence electrons. The van der Waals surface area contributed by atoms with Crippen LogP contribution in [0.5, 0.6) is 0 Å². The molecule has 0 bridgehead atoms. The van der Waals surface area contributed by atoms with Gasteiger partial charge in [0.05, 0.1) is 26.1 Å². The highest BCUT2D eigenvalue weighted by atomic mass is 35.5. The fourth-order valence-electron chi connectivity index (χ4n) is 2.44. The van der Waals surface area contributed by atoms with Crippen molar-refractivity contribution in [3.8, 4) is 0 Å². The third kappa shape index (κ3) is 3.90. The molecule has 3 aromatic rings. The summed E-state index contributed by atoms with van der Waals surface area (Å²) in [5, 5.41) is 16.5. The number of fused-ring (bicyclic) bond motifs is 1. The van der Waals surface area contributed by atoms with Crippen molar-refractivity contribution in [2.45, 2.75) is 6.54 Å². The van der Waals surface area contributed by atoms with E-state index in [9.17, 15) is 19.5 Å². The molecule has 27 heavy (non-hydrogen) atoms. The van der Waals surface area contributed by atoms with Crippen LogP contribution in [0, 0.1) is 0 Å². The molecule has 0 aliphatic heterocycles. The maximum Gasteiger partial charge on any atom is 0.357 e. The number of carbonyl (C=O) groups is 2. The monoisotopic (exact) mass is 425 g/mol. The van der Waals surface area contributed by atoms with Gasteiger partial charge in [0.2, 0.25) is 5.91 Å². The minimum Gasteiger partial charge on any atom is -0.476 e. The largest absolute Gasteiger partial charge is 0.476 e. The summed E-state index contributed by atoms with van der Waals surface area (Å²) in [4.78, 5) is 36.3. The number of nitrogens with zero attached hydrogens (tertiary/aromatic N) is 2. The Morgan fingerprint density at radius 1 is 1.04 bits per heavy atom. The molecule has 0 radical (unpaired) electrons. The van der Waals surface area contributed by atoms with Crippen molar-refractivity contribution >= 4 is 63.1 Å². The third-order valence-electron chi connectivity index (χ3n) is 3.65. The Bertz CT molecular complexity index is 1140. The lowest BCUT2D eigenvalue weighted by molar-refractivity contribution is -0.117. The van der Waals surface area contributed by atoms with E-state index < -0.39 is 24.0 Å². The van der Waals surface area contributed by atoms with Gasteiger partial charge in [0.15, 0.2) is 5.69 Å². The molecule has 0 unspecified atom stereocenters. The molecule has 2 aromatic carbocycles. The number of amides is 1. The van der Waals surface area contributed by atoms with E-state index >= 15 is 0 Å². The zero-order valence-electron chi connectivity index (χ0n) is 13.4. The quantitative estimate of drug-likeness (QED) is 0.620. The molecule has 3 rings (SSSR count). The van der Waals surface area contributed by atoms with Crippen molar-refractivity contribution in [3.63, 3.8) is 0 Å². The molecule has 2 N–H and O–H groups in total. The first-order valence-corrected chi connectivity index (χ1v) is 8.59. The van der Waals surface area contributed by atoms with Crippen LogP contribution in [-0.4, -0.2) is 26.8 Å². The van der Waals surface area contributed by atoms with Crippen molar-refractivity contribution in [2.24, 2.45) is 0 Å². The van der Waals surface area contributed by atoms with Gasteiger partial charge in [-0.2, -0.15) is 5.10 Å². The number of aromatic nitrogens is 2. The summed E-state index contributed by atoms with van der Waals surface area (Å²) < 4.78 is 0.784. The number of halogens is 3.